The highest BCUT2D eigenvalue weighted by atomic mass is 16.5. The lowest BCUT2D eigenvalue weighted by molar-refractivity contribution is 0.0949. The maximum absolute atomic E-state index is 11.8. The van der Waals surface area contributed by atoms with E-state index in [4.69, 9.17) is 9.47 Å². The average Bonchev–Trinajstić information content (AvgIpc) is 3.13. The number of carbonyl (C=O) groups excluding carboxylic acids is 1. The van der Waals surface area contributed by atoms with E-state index in [0.29, 0.717) is 11.5 Å². The van der Waals surface area contributed by atoms with Crippen molar-refractivity contribution in [3.63, 3.8) is 0 Å². The Kier molecular flexibility index (Phi) is 3.69. The summed E-state index contributed by atoms with van der Waals surface area (Å²) in [5, 5.41) is 2.55. The number of nitrogens with one attached hydrogen (secondary N) is 1. The monoisotopic (exact) mass is 250 g/mol. The zero-order valence-corrected chi connectivity index (χ0v) is 10.9. The van der Waals surface area contributed by atoms with Gasteiger partial charge in [0.2, 0.25) is 0 Å². The molecule has 0 atom stereocenters. The minimum absolute atomic E-state index is 0.0424. The summed E-state index contributed by atoms with van der Waals surface area (Å²) in [7, 11) is 1.57. The van der Waals surface area contributed by atoms with Gasteiger partial charge in [0.25, 0.3) is 5.91 Å². The maximum atomic E-state index is 11.8. The predicted octanol–water partition coefficient (Wildman–Crippen LogP) is 1.77. The standard InChI is InChI=1S/C13H18N2O3/c1-8(2)17-12-10(18-9-4-5-9)6-7-15-11(12)13(16)14-3/h6-9H,4-5H2,1-3H3,(H,14,16). The van der Waals surface area contributed by atoms with Gasteiger partial charge in [-0.1, -0.05) is 0 Å². The van der Waals surface area contributed by atoms with E-state index in [9.17, 15) is 4.79 Å². The van der Waals surface area contributed by atoms with Crippen LogP contribution in [0.5, 0.6) is 11.5 Å². The van der Waals surface area contributed by atoms with Crippen LogP contribution >= 0.6 is 0 Å². The van der Waals surface area contributed by atoms with E-state index in [1.165, 1.54) is 0 Å². The first-order chi connectivity index (χ1) is 8.61. The molecule has 5 heteroatoms. The largest absolute Gasteiger partial charge is 0.486 e. The number of hydrogen-bond donors (Lipinski definition) is 1. The van der Waals surface area contributed by atoms with Gasteiger partial charge in [0.15, 0.2) is 17.2 Å². The lowest BCUT2D eigenvalue weighted by Crippen LogP contribution is -2.22. The quantitative estimate of drug-likeness (QED) is 0.865. The Morgan fingerprint density at radius 1 is 1.50 bits per heavy atom. The molecule has 0 aromatic carbocycles. The normalized spacial score (nSPS) is 14.4. The molecule has 1 aliphatic carbocycles. The fourth-order valence-corrected chi connectivity index (χ4v) is 1.52. The van der Waals surface area contributed by atoms with Gasteiger partial charge < -0.3 is 14.8 Å². The molecule has 5 nitrogen and oxygen atoms in total. The third-order valence-electron chi connectivity index (χ3n) is 2.48. The smallest absolute Gasteiger partial charge is 0.273 e. The van der Waals surface area contributed by atoms with Gasteiger partial charge in [-0.25, -0.2) is 4.98 Å². The molecule has 1 amide bonds. The Labute approximate surface area is 107 Å². The predicted molar refractivity (Wildman–Crippen MR) is 67.0 cm³/mol. The Balaban J connectivity index is 2.34. The molecule has 1 saturated carbocycles. The van der Waals surface area contributed by atoms with Gasteiger partial charge in [-0.05, 0) is 26.7 Å². The van der Waals surface area contributed by atoms with Gasteiger partial charge in [-0.3, -0.25) is 4.79 Å². The van der Waals surface area contributed by atoms with Gasteiger partial charge in [-0.2, -0.15) is 0 Å². The van der Waals surface area contributed by atoms with E-state index in [-0.39, 0.29) is 23.8 Å². The van der Waals surface area contributed by atoms with Crippen molar-refractivity contribution >= 4 is 5.91 Å². The molecule has 98 valence electrons. The van der Waals surface area contributed by atoms with Crippen LogP contribution in [0.15, 0.2) is 12.3 Å². The van der Waals surface area contributed by atoms with Crippen molar-refractivity contribution in [2.24, 2.45) is 0 Å². The fourth-order valence-electron chi connectivity index (χ4n) is 1.52. The van der Waals surface area contributed by atoms with E-state index >= 15 is 0 Å². The van der Waals surface area contributed by atoms with Crippen LogP contribution in [0.1, 0.15) is 37.2 Å². The van der Waals surface area contributed by atoms with Crippen molar-refractivity contribution in [1.82, 2.24) is 10.3 Å². The minimum atomic E-state index is -0.271. The molecular formula is C13H18N2O3. The van der Waals surface area contributed by atoms with E-state index < -0.39 is 0 Å². The summed E-state index contributed by atoms with van der Waals surface area (Å²) in [6.07, 6.45) is 3.88. The average molecular weight is 250 g/mol. The molecule has 0 radical (unpaired) electrons. The summed E-state index contributed by atoms with van der Waals surface area (Å²) in [6, 6.07) is 1.74. The van der Waals surface area contributed by atoms with E-state index in [2.05, 4.69) is 10.3 Å². The van der Waals surface area contributed by atoms with Crippen molar-refractivity contribution in [3.05, 3.63) is 18.0 Å². The molecule has 0 aliphatic heterocycles. The highest BCUT2D eigenvalue weighted by Crippen LogP contribution is 2.35. The minimum Gasteiger partial charge on any atom is -0.486 e. The second-order valence-electron chi connectivity index (χ2n) is 4.55. The molecule has 0 bridgehead atoms. The van der Waals surface area contributed by atoms with Crippen LogP contribution in [0.4, 0.5) is 0 Å². The van der Waals surface area contributed by atoms with Gasteiger partial charge in [0.05, 0.1) is 12.2 Å². The first-order valence-electron chi connectivity index (χ1n) is 6.16. The van der Waals surface area contributed by atoms with Crippen LogP contribution in [-0.2, 0) is 0 Å². The fraction of sp³-hybridized carbons (Fsp3) is 0.538. The summed E-state index contributed by atoms with van der Waals surface area (Å²) in [4.78, 5) is 15.8. The van der Waals surface area contributed by atoms with E-state index in [0.717, 1.165) is 12.8 Å². The number of pyridine rings is 1. The number of aromatic nitrogens is 1. The van der Waals surface area contributed by atoms with Crippen LogP contribution in [-0.4, -0.2) is 30.1 Å². The molecule has 0 spiro atoms. The number of ether oxygens (including phenoxy) is 2. The van der Waals surface area contributed by atoms with Gasteiger partial charge in [0, 0.05) is 19.3 Å². The molecule has 2 rings (SSSR count). The molecule has 1 fully saturated rings. The molecular weight excluding hydrogens is 232 g/mol. The Morgan fingerprint density at radius 2 is 2.22 bits per heavy atom. The zero-order valence-electron chi connectivity index (χ0n) is 10.9. The Bertz CT molecular complexity index is 442. The second kappa shape index (κ2) is 5.25. The number of rotatable bonds is 5. The van der Waals surface area contributed by atoms with Gasteiger partial charge in [-0.15, -0.1) is 0 Å². The maximum Gasteiger partial charge on any atom is 0.273 e. The van der Waals surface area contributed by atoms with Crippen LogP contribution in [0, 0.1) is 0 Å². The van der Waals surface area contributed by atoms with Crippen molar-refractivity contribution in [3.8, 4) is 11.5 Å². The summed E-state index contributed by atoms with van der Waals surface area (Å²) in [5.41, 5.74) is 0.268. The van der Waals surface area contributed by atoms with Crippen molar-refractivity contribution in [2.45, 2.75) is 38.9 Å². The molecule has 1 heterocycles. The summed E-state index contributed by atoms with van der Waals surface area (Å²) in [5.74, 6) is 0.755. The van der Waals surface area contributed by atoms with E-state index in [1.807, 2.05) is 13.8 Å². The number of carbonyl (C=O) groups is 1. The van der Waals surface area contributed by atoms with Crippen LogP contribution < -0.4 is 14.8 Å². The lowest BCUT2D eigenvalue weighted by Gasteiger charge is -2.16. The molecule has 1 aromatic heterocycles. The SMILES string of the molecule is CNC(=O)c1nccc(OC2CC2)c1OC(C)C. The highest BCUT2D eigenvalue weighted by Gasteiger charge is 2.27. The first-order valence-corrected chi connectivity index (χ1v) is 6.16. The summed E-state index contributed by atoms with van der Waals surface area (Å²) >= 11 is 0. The highest BCUT2D eigenvalue weighted by molar-refractivity contribution is 5.95. The summed E-state index contributed by atoms with van der Waals surface area (Å²) < 4.78 is 11.4. The van der Waals surface area contributed by atoms with Crippen LogP contribution in [0.25, 0.3) is 0 Å². The zero-order chi connectivity index (χ0) is 13.1. The van der Waals surface area contributed by atoms with Crippen molar-refractivity contribution in [2.75, 3.05) is 7.05 Å². The molecule has 18 heavy (non-hydrogen) atoms. The molecule has 1 aliphatic rings. The van der Waals surface area contributed by atoms with Gasteiger partial charge in [0.1, 0.15) is 0 Å². The summed E-state index contributed by atoms with van der Waals surface area (Å²) in [6.45, 7) is 3.81. The van der Waals surface area contributed by atoms with Crippen molar-refractivity contribution < 1.29 is 14.3 Å². The number of amides is 1. The molecule has 0 saturated heterocycles. The third kappa shape index (κ3) is 2.91. The molecule has 0 unspecified atom stereocenters. The first kappa shape index (κ1) is 12.7. The second-order valence-corrected chi connectivity index (χ2v) is 4.55. The van der Waals surface area contributed by atoms with Crippen LogP contribution in [0.2, 0.25) is 0 Å². The third-order valence-corrected chi connectivity index (χ3v) is 2.48. The number of hydrogen-bond acceptors (Lipinski definition) is 4. The Hall–Kier alpha value is -1.78. The lowest BCUT2D eigenvalue weighted by atomic mass is 10.2. The molecule has 1 aromatic rings. The Morgan fingerprint density at radius 3 is 2.78 bits per heavy atom. The van der Waals surface area contributed by atoms with Crippen molar-refractivity contribution in [1.29, 1.82) is 0 Å². The topological polar surface area (TPSA) is 60.5 Å². The number of nitrogens with zero attached hydrogens (tertiary/aromatic N) is 1. The van der Waals surface area contributed by atoms with Gasteiger partial charge >= 0.3 is 0 Å². The van der Waals surface area contributed by atoms with E-state index in [1.54, 1.807) is 19.3 Å². The van der Waals surface area contributed by atoms with Crippen LogP contribution in [0.3, 0.4) is 0 Å². The molecule has 1 N–H and O–H groups in total.